The van der Waals surface area contributed by atoms with E-state index < -0.39 is 17.5 Å². The van der Waals surface area contributed by atoms with Crippen LogP contribution in [0.2, 0.25) is 0 Å². The van der Waals surface area contributed by atoms with Crippen LogP contribution in [0, 0.1) is 0 Å². The molecule has 2 aromatic heterocycles. The average molecular weight is 638 g/mol. The van der Waals surface area contributed by atoms with Gasteiger partial charge in [-0.3, -0.25) is 15.0 Å². The number of carbonyl (C=O) groups excluding carboxylic acids is 1. The number of aromatic nitrogens is 6. The second-order valence-corrected chi connectivity index (χ2v) is 10.1. The Morgan fingerprint density at radius 1 is 0.872 bits per heavy atom. The summed E-state index contributed by atoms with van der Waals surface area (Å²) in [7, 11) is 0. The smallest absolute Gasteiger partial charge is 0.459 e. The highest BCUT2D eigenvalue weighted by molar-refractivity contribution is 6.01. The van der Waals surface area contributed by atoms with Gasteiger partial charge in [-0.2, -0.15) is 4.98 Å². The zero-order valence-corrected chi connectivity index (χ0v) is 24.8. The highest BCUT2D eigenvalue weighted by Crippen LogP contribution is 2.31. The molecule has 15 heteroatoms. The van der Waals surface area contributed by atoms with Gasteiger partial charge in [-0.25, -0.2) is 14.4 Å². The number of fused-ring (bicyclic) bond motifs is 1. The fraction of sp³-hybridized carbons (Fsp3) is 0.125. The molecule has 3 N–H and O–H groups in total. The van der Waals surface area contributed by atoms with Crippen LogP contribution < -0.4 is 9.47 Å². The molecule has 0 bridgehead atoms. The summed E-state index contributed by atoms with van der Waals surface area (Å²) in [6.07, 6.45) is -0.879. The van der Waals surface area contributed by atoms with E-state index in [1.807, 2.05) is 55.5 Å². The Hall–Kier alpha value is -6.00. The van der Waals surface area contributed by atoms with Crippen LogP contribution in [-0.4, -0.2) is 69.3 Å². The van der Waals surface area contributed by atoms with Gasteiger partial charge >= 0.3 is 12.1 Å². The standard InChI is InChI=1S/C32H27N7O8/c1-2-45-31-33-27-9-5-8-26(30(40)41)28(27)37(31)18-20-10-14-22(15-11-20)24-6-3-4-7-25(24)29-34-36-38(35-29)32(42)47-23-16-12-21(13-17-23)19-46-39(43)44/h3-17,43-44H,2,18-19H2,1H3,(H,40,41). The molecule has 0 spiro atoms. The number of para-hydroxylation sites is 1. The molecule has 0 aliphatic carbocycles. The molecule has 0 atom stereocenters. The van der Waals surface area contributed by atoms with Gasteiger partial charge < -0.3 is 14.6 Å². The lowest BCUT2D eigenvalue weighted by atomic mass is 9.98. The first kappa shape index (κ1) is 31.0. The number of carbonyl (C=O) groups is 2. The Bertz CT molecular complexity index is 2040. The number of hydrogen-bond acceptors (Lipinski definition) is 12. The molecule has 0 aliphatic heterocycles. The lowest BCUT2D eigenvalue weighted by Gasteiger charge is -2.12. The Balaban J connectivity index is 1.21. The lowest BCUT2D eigenvalue weighted by molar-refractivity contribution is -0.497. The molecule has 0 fully saturated rings. The lowest BCUT2D eigenvalue weighted by Crippen LogP contribution is -2.19. The molecule has 0 aliphatic rings. The van der Waals surface area contributed by atoms with E-state index in [0.717, 1.165) is 21.5 Å². The predicted molar refractivity (Wildman–Crippen MR) is 164 cm³/mol. The van der Waals surface area contributed by atoms with E-state index in [2.05, 4.69) is 25.2 Å². The van der Waals surface area contributed by atoms with Gasteiger partial charge in [-0.1, -0.05) is 71.5 Å². The van der Waals surface area contributed by atoms with Crippen molar-refractivity contribution < 1.29 is 39.4 Å². The normalized spacial score (nSPS) is 11.2. The summed E-state index contributed by atoms with van der Waals surface area (Å²) < 4.78 is 12.8. The molecule has 15 nitrogen and oxygen atoms in total. The SMILES string of the molecule is CCOc1nc2cccc(C(=O)O)c2n1Cc1ccc(-c2ccccc2-c2nnn(C(=O)Oc3ccc(CON(O)O)cc3)n2)cc1. The van der Waals surface area contributed by atoms with Crippen LogP contribution in [0.4, 0.5) is 4.79 Å². The zero-order chi connectivity index (χ0) is 32.9. The van der Waals surface area contributed by atoms with E-state index in [4.69, 9.17) is 19.9 Å². The first-order valence-corrected chi connectivity index (χ1v) is 14.3. The predicted octanol–water partition coefficient (Wildman–Crippen LogP) is 5.06. The molecule has 6 aromatic rings. The zero-order valence-electron chi connectivity index (χ0n) is 24.8. The number of ether oxygens (including phenoxy) is 2. The molecule has 4 aromatic carbocycles. The van der Waals surface area contributed by atoms with Crippen molar-refractivity contribution in [3.63, 3.8) is 0 Å². The van der Waals surface area contributed by atoms with Gasteiger partial charge in [0.25, 0.3) is 6.01 Å². The van der Waals surface area contributed by atoms with Crippen LogP contribution in [0.5, 0.6) is 11.8 Å². The fourth-order valence-electron chi connectivity index (χ4n) is 4.95. The molecule has 47 heavy (non-hydrogen) atoms. The fourth-order valence-corrected chi connectivity index (χ4v) is 4.95. The number of tetrazole rings is 1. The third kappa shape index (κ3) is 6.82. The second kappa shape index (κ2) is 13.6. The molecule has 2 heterocycles. The first-order valence-electron chi connectivity index (χ1n) is 14.3. The molecule has 0 unspecified atom stereocenters. The van der Waals surface area contributed by atoms with Crippen molar-refractivity contribution >= 4 is 23.1 Å². The number of aromatic carboxylic acids is 1. The van der Waals surface area contributed by atoms with Crippen molar-refractivity contribution in [2.75, 3.05) is 6.61 Å². The van der Waals surface area contributed by atoms with Crippen molar-refractivity contribution in [2.45, 2.75) is 20.1 Å². The van der Waals surface area contributed by atoms with E-state index >= 15 is 0 Å². The van der Waals surface area contributed by atoms with Gasteiger partial charge in [0.05, 0.1) is 41.7 Å². The van der Waals surface area contributed by atoms with Crippen LogP contribution in [0.25, 0.3) is 33.5 Å². The number of carboxylic acid groups (broad SMARTS) is 1. The monoisotopic (exact) mass is 637 g/mol. The number of nitrogens with zero attached hydrogens (tertiary/aromatic N) is 7. The first-order chi connectivity index (χ1) is 22.8. The van der Waals surface area contributed by atoms with E-state index in [9.17, 15) is 14.7 Å². The number of imidazole rings is 1. The maximum atomic E-state index is 12.7. The van der Waals surface area contributed by atoms with Crippen LogP contribution in [-0.2, 0) is 18.0 Å². The number of rotatable bonds is 11. The summed E-state index contributed by atoms with van der Waals surface area (Å²) in [4.78, 5) is 34.5. The van der Waals surface area contributed by atoms with Crippen molar-refractivity contribution in [1.29, 1.82) is 0 Å². The topological polar surface area (TPSA) is 187 Å². The van der Waals surface area contributed by atoms with E-state index in [1.165, 1.54) is 12.1 Å². The largest absolute Gasteiger partial charge is 0.478 e. The van der Waals surface area contributed by atoms with Crippen LogP contribution >= 0.6 is 0 Å². The van der Waals surface area contributed by atoms with E-state index in [1.54, 1.807) is 34.9 Å². The van der Waals surface area contributed by atoms with E-state index in [-0.39, 0.29) is 23.7 Å². The summed E-state index contributed by atoms with van der Waals surface area (Å²) >= 11 is 0. The maximum Gasteiger partial charge on any atom is 0.459 e. The number of benzene rings is 4. The van der Waals surface area contributed by atoms with Crippen LogP contribution in [0.3, 0.4) is 0 Å². The minimum absolute atomic E-state index is 0.109. The Labute approximate surface area is 266 Å². The number of carboxylic acids is 1. The van der Waals surface area contributed by atoms with Crippen LogP contribution in [0.1, 0.15) is 28.4 Å². The van der Waals surface area contributed by atoms with Gasteiger partial charge in [0.2, 0.25) is 5.82 Å². The summed E-state index contributed by atoms with van der Waals surface area (Å²) in [5.41, 5.74) is 4.92. The molecular weight excluding hydrogens is 610 g/mol. The Morgan fingerprint density at radius 3 is 2.30 bits per heavy atom. The van der Waals surface area contributed by atoms with Gasteiger partial charge in [-0.15, -0.1) is 10.2 Å². The van der Waals surface area contributed by atoms with Gasteiger partial charge in [-0.05, 0) is 58.7 Å². The maximum absolute atomic E-state index is 12.7. The second-order valence-electron chi connectivity index (χ2n) is 10.1. The Morgan fingerprint density at radius 2 is 1.60 bits per heavy atom. The highest BCUT2D eigenvalue weighted by Gasteiger charge is 2.20. The third-order valence-corrected chi connectivity index (χ3v) is 7.06. The quantitative estimate of drug-likeness (QED) is 0.160. The third-order valence-electron chi connectivity index (χ3n) is 7.06. The van der Waals surface area contributed by atoms with E-state index in [0.29, 0.717) is 41.3 Å². The molecule has 6 rings (SSSR count). The highest BCUT2D eigenvalue weighted by atomic mass is 17.1. The average Bonchev–Trinajstić information content (AvgIpc) is 3.70. The molecule has 0 radical (unpaired) electrons. The Kier molecular flexibility index (Phi) is 8.94. The molecule has 0 saturated heterocycles. The molecule has 0 amide bonds. The summed E-state index contributed by atoms with van der Waals surface area (Å²) in [5, 5.41) is 38.9. The number of hydrogen-bond donors (Lipinski definition) is 3. The molecule has 0 saturated carbocycles. The molecular formula is C32H27N7O8. The molecule has 238 valence electrons. The summed E-state index contributed by atoms with van der Waals surface area (Å²) in [5.74, 6) is -0.635. The minimum Gasteiger partial charge on any atom is -0.478 e. The van der Waals surface area contributed by atoms with Crippen molar-refractivity contribution in [1.82, 2.24) is 35.1 Å². The summed E-state index contributed by atoms with van der Waals surface area (Å²) in [6, 6.07) is 26.6. The van der Waals surface area contributed by atoms with Gasteiger partial charge in [0.15, 0.2) is 0 Å². The van der Waals surface area contributed by atoms with Gasteiger partial charge in [0.1, 0.15) is 5.75 Å². The van der Waals surface area contributed by atoms with Gasteiger partial charge in [0, 0.05) is 5.56 Å². The van der Waals surface area contributed by atoms with Crippen molar-refractivity contribution in [3.05, 3.63) is 108 Å². The minimum atomic E-state index is -1.05. The van der Waals surface area contributed by atoms with Crippen molar-refractivity contribution in [2.24, 2.45) is 0 Å². The van der Waals surface area contributed by atoms with Crippen molar-refractivity contribution in [3.8, 4) is 34.3 Å². The van der Waals surface area contributed by atoms with Crippen LogP contribution in [0.15, 0.2) is 91.0 Å². The summed E-state index contributed by atoms with van der Waals surface area (Å²) in [6.45, 7) is 2.43.